The molecular weight excluding hydrogens is 294 g/mol. The highest BCUT2D eigenvalue weighted by molar-refractivity contribution is 9.10. The van der Waals surface area contributed by atoms with Crippen molar-refractivity contribution in [3.63, 3.8) is 0 Å². The van der Waals surface area contributed by atoms with Crippen molar-refractivity contribution in [3.05, 3.63) is 34.3 Å². The molecule has 0 bridgehead atoms. The van der Waals surface area contributed by atoms with Gasteiger partial charge >= 0.3 is 0 Å². The largest absolute Gasteiger partial charge is 0.382 e. The Bertz CT molecular complexity index is 316. The van der Waals surface area contributed by atoms with Crippen molar-refractivity contribution >= 4 is 15.9 Å². The fraction of sp³-hybridized carbons (Fsp3) is 0.571. The minimum absolute atomic E-state index is 0.393. The van der Waals surface area contributed by atoms with Crippen molar-refractivity contribution in [2.24, 2.45) is 0 Å². The summed E-state index contributed by atoms with van der Waals surface area (Å²) in [6.07, 6.45) is 1.07. The molecule has 0 aliphatic heterocycles. The zero-order chi connectivity index (χ0) is 13.2. The molecular formula is C14H22BrNO2. The van der Waals surface area contributed by atoms with E-state index >= 15 is 0 Å². The Balaban J connectivity index is 2.27. The van der Waals surface area contributed by atoms with Gasteiger partial charge in [0.05, 0.1) is 19.8 Å². The van der Waals surface area contributed by atoms with Gasteiger partial charge in [-0.2, -0.15) is 0 Å². The van der Waals surface area contributed by atoms with Gasteiger partial charge in [-0.1, -0.05) is 35.0 Å². The topological polar surface area (TPSA) is 30.5 Å². The molecule has 4 heteroatoms. The van der Waals surface area contributed by atoms with Crippen LogP contribution in [0.5, 0.6) is 0 Å². The Morgan fingerprint density at radius 2 is 1.89 bits per heavy atom. The minimum Gasteiger partial charge on any atom is -0.382 e. The maximum Gasteiger partial charge on any atom is 0.0700 e. The van der Waals surface area contributed by atoms with E-state index in [4.69, 9.17) is 9.47 Å². The fourth-order valence-corrected chi connectivity index (χ4v) is 2.01. The third-order valence-electron chi connectivity index (χ3n) is 2.75. The highest BCUT2D eigenvalue weighted by Gasteiger charge is 2.07. The molecule has 0 aliphatic rings. The molecule has 0 radical (unpaired) electrons. The van der Waals surface area contributed by atoms with Crippen LogP contribution < -0.4 is 5.32 Å². The molecule has 1 unspecified atom stereocenters. The highest BCUT2D eigenvalue weighted by Crippen LogP contribution is 2.19. The Morgan fingerprint density at radius 1 is 1.17 bits per heavy atom. The zero-order valence-electron chi connectivity index (χ0n) is 11.1. The predicted octanol–water partition coefficient (Wildman–Crippen LogP) is 3.15. The average Bonchev–Trinajstić information content (AvgIpc) is 2.39. The molecule has 102 valence electrons. The van der Waals surface area contributed by atoms with Crippen molar-refractivity contribution in [2.45, 2.75) is 19.4 Å². The average molecular weight is 316 g/mol. The van der Waals surface area contributed by atoms with E-state index in [9.17, 15) is 0 Å². The molecule has 0 aromatic heterocycles. The highest BCUT2D eigenvalue weighted by atomic mass is 79.9. The molecule has 0 amide bonds. The minimum atomic E-state index is 0.393. The quantitative estimate of drug-likeness (QED) is 0.710. The summed E-state index contributed by atoms with van der Waals surface area (Å²) in [4.78, 5) is 0. The fourth-order valence-electron chi connectivity index (χ4n) is 1.74. The maximum atomic E-state index is 5.43. The molecule has 0 saturated heterocycles. The lowest BCUT2D eigenvalue weighted by atomic mass is 10.1. The van der Waals surface area contributed by atoms with E-state index in [1.807, 2.05) is 0 Å². The molecule has 3 nitrogen and oxygen atoms in total. The van der Waals surface area contributed by atoms with Crippen LogP contribution in [0.15, 0.2) is 28.7 Å². The van der Waals surface area contributed by atoms with Gasteiger partial charge in [0.2, 0.25) is 0 Å². The van der Waals surface area contributed by atoms with Crippen LogP contribution in [0.3, 0.4) is 0 Å². The van der Waals surface area contributed by atoms with Gasteiger partial charge in [-0.05, 0) is 24.1 Å². The first-order valence-corrected chi connectivity index (χ1v) is 7.12. The third-order valence-corrected chi connectivity index (χ3v) is 3.28. The molecule has 0 spiro atoms. The number of methoxy groups -OCH3 is 1. The standard InChI is InChI=1S/C14H22BrNO2/c1-3-14(12-4-6-13(15)7-5-12)16-8-9-18-11-10-17-2/h4-7,14,16H,3,8-11H2,1-2H3. The predicted molar refractivity (Wildman–Crippen MR) is 77.9 cm³/mol. The van der Waals surface area contributed by atoms with Crippen LogP contribution in [0.25, 0.3) is 0 Å². The van der Waals surface area contributed by atoms with Gasteiger partial charge < -0.3 is 14.8 Å². The lowest BCUT2D eigenvalue weighted by Crippen LogP contribution is -2.25. The Kier molecular flexibility index (Phi) is 8.25. The molecule has 0 saturated carbocycles. The summed E-state index contributed by atoms with van der Waals surface area (Å²) in [5, 5.41) is 3.50. The monoisotopic (exact) mass is 315 g/mol. The second-order valence-electron chi connectivity index (χ2n) is 4.07. The molecule has 1 atom stereocenters. The summed E-state index contributed by atoms with van der Waals surface area (Å²) < 4.78 is 11.5. The molecule has 1 aromatic rings. The van der Waals surface area contributed by atoms with Crippen molar-refractivity contribution in [1.82, 2.24) is 5.32 Å². The second-order valence-corrected chi connectivity index (χ2v) is 4.99. The van der Waals surface area contributed by atoms with Crippen LogP contribution in [0.1, 0.15) is 24.9 Å². The summed E-state index contributed by atoms with van der Waals surface area (Å²) in [6, 6.07) is 8.85. The molecule has 0 heterocycles. The third kappa shape index (κ3) is 5.96. The van der Waals surface area contributed by atoms with Crippen LogP contribution in [0, 0.1) is 0 Å². The summed E-state index contributed by atoms with van der Waals surface area (Å²) in [7, 11) is 1.68. The van der Waals surface area contributed by atoms with E-state index in [1.54, 1.807) is 7.11 Å². The van der Waals surface area contributed by atoms with Crippen LogP contribution in [0.4, 0.5) is 0 Å². The maximum absolute atomic E-state index is 5.43. The van der Waals surface area contributed by atoms with E-state index in [-0.39, 0.29) is 0 Å². The second kappa shape index (κ2) is 9.50. The molecule has 1 rings (SSSR count). The summed E-state index contributed by atoms with van der Waals surface area (Å²) in [5.41, 5.74) is 1.32. The normalized spacial score (nSPS) is 12.6. The Morgan fingerprint density at radius 3 is 2.50 bits per heavy atom. The first kappa shape index (κ1) is 15.6. The molecule has 0 fully saturated rings. The van der Waals surface area contributed by atoms with Crippen molar-refractivity contribution < 1.29 is 9.47 Å². The number of rotatable bonds is 9. The lowest BCUT2D eigenvalue weighted by molar-refractivity contribution is 0.0710. The SMILES string of the molecule is CCC(NCCOCCOC)c1ccc(Br)cc1. The summed E-state index contributed by atoms with van der Waals surface area (Å²) >= 11 is 3.45. The first-order valence-electron chi connectivity index (χ1n) is 6.33. The smallest absolute Gasteiger partial charge is 0.0700 e. The van der Waals surface area contributed by atoms with Crippen LogP contribution in [-0.4, -0.2) is 33.5 Å². The number of ether oxygens (including phenoxy) is 2. The lowest BCUT2D eigenvalue weighted by Gasteiger charge is -2.17. The number of hydrogen-bond acceptors (Lipinski definition) is 3. The first-order chi connectivity index (χ1) is 8.77. The van der Waals surface area contributed by atoms with Crippen LogP contribution in [0.2, 0.25) is 0 Å². The van der Waals surface area contributed by atoms with Crippen molar-refractivity contribution in [1.29, 1.82) is 0 Å². The van der Waals surface area contributed by atoms with E-state index in [0.717, 1.165) is 24.0 Å². The van der Waals surface area contributed by atoms with Crippen molar-refractivity contribution in [2.75, 3.05) is 33.5 Å². The van der Waals surface area contributed by atoms with Crippen LogP contribution >= 0.6 is 15.9 Å². The van der Waals surface area contributed by atoms with Gasteiger partial charge in [0.1, 0.15) is 0 Å². The van der Waals surface area contributed by atoms with Crippen LogP contribution in [-0.2, 0) is 9.47 Å². The van der Waals surface area contributed by atoms with Gasteiger partial charge in [-0.15, -0.1) is 0 Å². The molecule has 0 aliphatic carbocycles. The summed E-state index contributed by atoms with van der Waals surface area (Å²) in [6.45, 7) is 5.08. The van der Waals surface area contributed by atoms with E-state index < -0.39 is 0 Å². The van der Waals surface area contributed by atoms with Gasteiger partial charge in [0.25, 0.3) is 0 Å². The zero-order valence-corrected chi connectivity index (χ0v) is 12.7. The van der Waals surface area contributed by atoms with Gasteiger partial charge in [0.15, 0.2) is 0 Å². The molecule has 18 heavy (non-hydrogen) atoms. The van der Waals surface area contributed by atoms with Gasteiger partial charge in [-0.25, -0.2) is 0 Å². The Hall–Kier alpha value is -0.420. The van der Waals surface area contributed by atoms with Crippen molar-refractivity contribution in [3.8, 4) is 0 Å². The van der Waals surface area contributed by atoms with E-state index in [2.05, 4.69) is 52.4 Å². The Labute approximate surface area is 118 Å². The summed E-state index contributed by atoms with van der Waals surface area (Å²) in [5.74, 6) is 0. The van der Waals surface area contributed by atoms with Gasteiger partial charge in [-0.3, -0.25) is 0 Å². The van der Waals surface area contributed by atoms with E-state index in [0.29, 0.717) is 19.3 Å². The number of nitrogens with one attached hydrogen (secondary N) is 1. The molecule has 1 N–H and O–H groups in total. The number of benzene rings is 1. The number of hydrogen-bond donors (Lipinski definition) is 1. The van der Waals surface area contributed by atoms with Gasteiger partial charge in [0, 0.05) is 24.2 Å². The number of halogens is 1. The molecule has 1 aromatic carbocycles. The van der Waals surface area contributed by atoms with E-state index in [1.165, 1.54) is 5.56 Å².